The van der Waals surface area contributed by atoms with Crippen molar-refractivity contribution in [2.75, 3.05) is 13.6 Å². The molecule has 1 aliphatic heterocycles. The zero-order chi connectivity index (χ0) is 19.8. The van der Waals surface area contributed by atoms with Crippen LogP contribution in [0, 0.1) is 11.6 Å². The first kappa shape index (κ1) is 18.6. The van der Waals surface area contributed by atoms with E-state index in [-0.39, 0.29) is 12.1 Å². The lowest BCUT2D eigenvalue weighted by Gasteiger charge is -2.23. The van der Waals surface area contributed by atoms with Gasteiger partial charge in [-0.1, -0.05) is 0 Å². The summed E-state index contributed by atoms with van der Waals surface area (Å²) in [6, 6.07) is 5.13. The van der Waals surface area contributed by atoms with Crippen molar-refractivity contribution in [1.82, 2.24) is 15.1 Å². The van der Waals surface area contributed by atoms with Crippen LogP contribution in [0.4, 0.5) is 13.6 Å². The summed E-state index contributed by atoms with van der Waals surface area (Å²) in [4.78, 5) is 39.3. The summed E-state index contributed by atoms with van der Waals surface area (Å²) < 4.78 is 32.8. The van der Waals surface area contributed by atoms with Crippen LogP contribution in [0.3, 0.4) is 0 Å². The van der Waals surface area contributed by atoms with Crippen molar-refractivity contribution < 1.29 is 27.6 Å². The van der Waals surface area contributed by atoms with E-state index in [9.17, 15) is 23.2 Å². The maximum atomic E-state index is 14.1. The Morgan fingerprint density at radius 3 is 2.70 bits per heavy atom. The van der Waals surface area contributed by atoms with Gasteiger partial charge >= 0.3 is 6.03 Å². The predicted octanol–water partition coefficient (Wildman–Crippen LogP) is 1.98. The Morgan fingerprint density at radius 1 is 1.30 bits per heavy atom. The van der Waals surface area contributed by atoms with E-state index in [2.05, 4.69) is 5.32 Å². The van der Waals surface area contributed by atoms with Crippen LogP contribution in [0.2, 0.25) is 0 Å². The number of nitrogens with zero attached hydrogens (tertiary/aromatic N) is 2. The highest BCUT2D eigenvalue weighted by Crippen LogP contribution is 2.31. The lowest BCUT2D eigenvalue weighted by molar-refractivity contribution is -0.138. The summed E-state index contributed by atoms with van der Waals surface area (Å²) in [6.07, 6.45) is 1.46. The van der Waals surface area contributed by atoms with Gasteiger partial charge < -0.3 is 14.6 Å². The van der Waals surface area contributed by atoms with Crippen molar-refractivity contribution in [3.8, 4) is 0 Å². The standard InChI is InChI=1S/C18H17F2N3O4/c1-18(13-8-11(19)5-6-14(13)20)16(25)23(17(26)21-18)10-15(24)22(2)9-12-4-3-7-27-12/h3-8H,9-10H2,1-2H3,(H,21,26)/t18-/m0/s1. The molecule has 1 aromatic heterocycles. The first-order chi connectivity index (χ1) is 12.7. The van der Waals surface area contributed by atoms with E-state index < -0.39 is 41.6 Å². The molecule has 0 spiro atoms. The van der Waals surface area contributed by atoms with Gasteiger partial charge in [-0.15, -0.1) is 0 Å². The second-order valence-corrected chi connectivity index (χ2v) is 6.40. The van der Waals surface area contributed by atoms with Crippen LogP contribution in [0.5, 0.6) is 0 Å². The van der Waals surface area contributed by atoms with Crippen molar-refractivity contribution in [2.45, 2.75) is 19.0 Å². The summed E-state index contributed by atoms with van der Waals surface area (Å²) in [6.45, 7) is 0.891. The molecular formula is C18H17F2N3O4. The summed E-state index contributed by atoms with van der Waals surface area (Å²) in [5, 5.41) is 2.35. The molecule has 0 bridgehead atoms. The van der Waals surface area contributed by atoms with Gasteiger partial charge in [0.1, 0.15) is 29.5 Å². The molecule has 27 heavy (non-hydrogen) atoms. The van der Waals surface area contributed by atoms with Crippen molar-refractivity contribution in [3.05, 3.63) is 59.6 Å². The molecule has 2 aromatic rings. The van der Waals surface area contributed by atoms with Crippen molar-refractivity contribution in [3.63, 3.8) is 0 Å². The van der Waals surface area contributed by atoms with Gasteiger partial charge in [0, 0.05) is 12.6 Å². The molecule has 0 unspecified atom stereocenters. The molecule has 1 aromatic carbocycles. The number of furan rings is 1. The number of rotatable bonds is 5. The average molecular weight is 377 g/mol. The van der Waals surface area contributed by atoms with Gasteiger partial charge in [0.2, 0.25) is 5.91 Å². The Morgan fingerprint density at radius 2 is 2.04 bits per heavy atom. The number of benzene rings is 1. The fraction of sp³-hybridized carbons (Fsp3) is 0.278. The number of carbonyl (C=O) groups is 3. The van der Waals surface area contributed by atoms with Gasteiger partial charge in [-0.05, 0) is 37.3 Å². The second-order valence-electron chi connectivity index (χ2n) is 6.40. The molecule has 1 N–H and O–H groups in total. The molecule has 4 amide bonds. The summed E-state index contributed by atoms with van der Waals surface area (Å²) in [5.74, 6) is -2.40. The number of likely N-dealkylation sites (N-methyl/N-ethyl adjacent to an activating group) is 1. The van der Waals surface area contributed by atoms with Crippen LogP contribution in [0.25, 0.3) is 0 Å². The minimum absolute atomic E-state index is 0.158. The number of hydrogen-bond donors (Lipinski definition) is 1. The van der Waals surface area contributed by atoms with Crippen molar-refractivity contribution in [1.29, 1.82) is 0 Å². The monoisotopic (exact) mass is 377 g/mol. The van der Waals surface area contributed by atoms with E-state index in [1.807, 2.05) is 0 Å². The highest BCUT2D eigenvalue weighted by molar-refractivity contribution is 6.09. The minimum atomic E-state index is -1.80. The highest BCUT2D eigenvalue weighted by atomic mass is 19.1. The number of urea groups is 1. The van der Waals surface area contributed by atoms with Gasteiger partial charge in [0.15, 0.2) is 0 Å². The normalized spacial score (nSPS) is 19.3. The largest absolute Gasteiger partial charge is 0.467 e. The van der Waals surface area contributed by atoms with Crippen LogP contribution < -0.4 is 5.32 Å². The quantitative estimate of drug-likeness (QED) is 0.808. The van der Waals surface area contributed by atoms with Crippen LogP contribution in [-0.2, 0) is 21.7 Å². The molecule has 1 fully saturated rings. The Hall–Kier alpha value is -3.23. The van der Waals surface area contributed by atoms with Gasteiger partial charge in [-0.25, -0.2) is 13.6 Å². The number of carbonyl (C=O) groups excluding carboxylic acids is 3. The molecule has 0 saturated carbocycles. The number of halogens is 2. The highest BCUT2D eigenvalue weighted by Gasteiger charge is 2.51. The number of hydrogen-bond acceptors (Lipinski definition) is 4. The van der Waals surface area contributed by atoms with E-state index in [1.54, 1.807) is 12.1 Å². The molecule has 1 atom stereocenters. The third kappa shape index (κ3) is 3.40. The Labute approximate surface area is 153 Å². The summed E-state index contributed by atoms with van der Waals surface area (Å²) in [7, 11) is 1.49. The molecule has 0 aliphatic carbocycles. The smallest absolute Gasteiger partial charge is 0.325 e. The van der Waals surface area contributed by atoms with Crippen LogP contribution >= 0.6 is 0 Å². The topological polar surface area (TPSA) is 82.9 Å². The van der Waals surface area contributed by atoms with E-state index in [1.165, 1.54) is 25.1 Å². The third-order valence-corrected chi connectivity index (χ3v) is 4.43. The zero-order valence-corrected chi connectivity index (χ0v) is 14.7. The second kappa shape index (κ2) is 6.82. The van der Waals surface area contributed by atoms with Crippen LogP contribution in [0.1, 0.15) is 18.2 Å². The SMILES string of the molecule is CN(Cc1ccco1)C(=O)CN1C(=O)N[C@@](C)(c2cc(F)ccc2F)C1=O. The summed E-state index contributed by atoms with van der Waals surface area (Å²) in [5.41, 5.74) is -2.11. The Bertz CT molecular complexity index is 900. The summed E-state index contributed by atoms with van der Waals surface area (Å²) >= 11 is 0. The van der Waals surface area contributed by atoms with E-state index in [0.717, 1.165) is 18.2 Å². The third-order valence-electron chi connectivity index (χ3n) is 4.43. The average Bonchev–Trinajstić information content (AvgIpc) is 3.20. The number of nitrogens with one attached hydrogen (secondary N) is 1. The first-order valence-corrected chi connectivity index (χ1v) is 8.08. The van der Waals surface area contributed by atoms with E-state index in [0.29, 0.717) is 10.7 Å². The molecule has 142 valence electrons. The molecule has 3 rings (SSSR count). The first-order valence-electron chi connectivity index (χ1n) is 8.08. The lowest BCUT2D eigenvalue weighted by atomic mass is 9.91. The number of amides is 4. The fourth-order valence-electron chi connectivity index (χ4n) is 2.88. The molecule has 0 radical (unpaired) electrons. The van der Waals surface area contributed by atoms with Gasteiger partial charge in [0.25, 0.3) is 5.91 Å². The predicted molar refractivity (Wildman–Crippen MR) is 89.1 cm³/mol. The molecule has 7 nitrogen and oxygen atoms in total. The van der Waals surface area contributed by atoms with Crippen LogP contribution in [-0.4, -0.2) is 41.2 Å². The Kier molecular flexibility index (Phi) is 4.69. The molecule has 9 heteroatoms. The maximum absolute atomic E-state index is 14.1. The molecule has 1 aliphatic rings. The maximum Gasteiger partial charge on any atom is 0.325 e. The van der Waals surface area contributed by atoms with E-state index in [4.69, 9.17) is 4.42 Å². The van der Waals surface area contributed by atoms with Gasteiger partial charge in [-0.2, -0.15) is 0 Å². The van der Waals surface area contributed by atoms with Gasteiger partial charge in [0.05, 0.1) is 12.8 Å². The Balaban J connectivity index is 1.77. The van der Waals surface area contributed by atoms with Gasteiger partial charge in [-0.3, -0.25) is 14.5 Å². The molecule has 1 saturated heterocycles. The lowest BCUT2D eigenvalue weighted by Crippen LogP contribution is -2.44. The molecule has 2 heterocycles. The number of imide groups is 1. The van der Waals surface area contributed by atoms with Crippen molar-refractivity contribution >= 4 is 17.8 Å². The van der Waals surface area contributed by atoms with E-state index >= 15 is 0 Å². The van der Waals surface area contributed by atoms with Crippen molar-refractivity contribution in [2.24, 2.45) is 0 Å². The zero-order valence-electron chi connectivity index (χ0n) is 14.7. The fourth-order valence-corrected chi connectivity index (χ4v) is 2.88. The minimum Gasteiger partial charge on any atom is -0.467 e. The molecular weight excluding hydrogens is 360 g/mol. The van der Waals surface area contributed by atoms with Crippen LogP contribution in [0.15, 0.2) is 41.0 Å².